The molecule has 0 aliphatic carbocycles. The van der Waals surface area contributed by atoms with Crippen LogP contribution < -0.4 is 44.1 Å². The molecule has 27 heavy (non-hydrogen) atoms. The minimum absolute atomic E-state index is 0. The van der Waals surface area contributed by atoms with Crippen molar-refractivity contribution < 1.29 is 53.7 Å². The van der Waals surface area contributed by atoms with Gasteiger partial charge in [0.1, 0.15) is 0 Å². The third kappa shape index (κ3) is 4.46. The molecule has 0 radical (unpaired) electrons. The van der Waals surface area contributed by atoms with Crippen LogP contribution in [0.4, 0.5) is 0 Å². The first-order valence-corrected chi connectivity index (χ1v) is 8.44. The van der Waals surface area contributed by atoms with Gasteiger partial charge in [0.15, 0.2) is 11.5 Å². The molecular formula is C20H20NNaO5. The molecule has 7 heteroatoms. The molecule has 1 aliphatic heterocycles. The van der Waals surface area contributed by atoms with E-state index in [9.17, 15) is 14.7 Å². The number of aliphatic carboxylic acids is 1. The van der Waals surface area contributed by atoms with Gasteiger partial charge in [0, 0.05) is 24.5 Å². The molecule has 1 unspecified atom stereocenters. The van der Waals surface area contributed by atoms with E-state index in [0.717, 1.165) is 5.56 Å². The van der Waals surface area contributed by atoms with E-state index in [2.05, 4.69) is 0 Å². The van der Waals surface area contributed by atoms with Gasteiger partial charge in [-0.1, -0.05) is 24.3 Å². The molecule has 2 aromatic carbocycles. The molecule has 136 valence electrons. The molecule has 1 aliphatic rings. The number of ether oxygens (including phenoxy) is 2. The number of carbonyl (C=O) groups excluding carboxylic acids is 2. The SMILES string of the molecule is CCOc1cc(C(CC(=O)[O-])N2Cc3ccccc3C2=O)ccc1OC.[Na+]. The molecule has 0 saturated carbocycles. The third-order valence-corrected chi connectivity index (χ3v) is 4.46. The number of benzene rings is 2. The first-order valence-electron chi connectivity index (χ1n) is 8.44. The Hall–Kier alpha value is -2.02. The van der Waals surface area contributed by atoms with Gasteiger partial charge >= 0.3 is 29.6 Å². The Morgan fingerprint density at radius 2 is 1.96 bits per heavy atom. The molecule has 0 fully saturated rings. The fraction of sp³-hybridized carbons (Fsp3) is 0.300. The second-order valence-corrected chi connectivity index (χ2v) is 6.03. The van der Waals surface area contributed by atoms with Crippen molar-refractivity contribution >= 4 is 11.9 Å². The largest absolute Gasteiger partial charge is 1.00 e. The van der Waals surface area contributed by atoms with E-state index in [-0.39, 0.29) is 41.9 Å². The van der Waals surface area contributed by atoms with Crippen LogP contribution in [-0.2, 0) is 11.3 Å². The van der Waals surface area contributed by atoms with Crippen molar-refractivity contribution in [3.63, 3.8) is 0 Å². The average Bonchev–Trinajstić information content (AvgIpc) is 2.97. The Bertz CT molecular complexity index is 839. The van der Waals surface area contributed by atoms with Crippen molar-refractivity contribution in [1.82, 2.24) is 4.90 Å². The van der Waals surface area contributed by atoms with E-state index in [1.807, 2.05) is 19.1 Å². The van der Waals surface area contributed by atoms with Crippen molar-refractivity contribution in [1.29, 1.82) is 0 Å². The van der Waals surface area contributed by atoms with E-state index in [0.29, 0.717) is 35.8 Å². The Labute approximate surface area is 180 Å². The normalized spacial score (nSPS) is 13.6. The van der Waals surface area contributed by atoms with Crippen molar-refractivity contribution in [3.8, 4) is 11.5 Å². The Morgan fingerprint density at radius 1 is 1.22 bits per heavy atom. The van der Waals surface area contributed by atoms with Crippen LogP contribution in [0.25, 0.3) is 0 Å². The van der Waals surface area contributed by atoms with Gasteiger partial charge in [-0.2, -0.15) is 0 Å². The summed E-state index contributed by atoms with van der Waals surface area (Å²) in [6.07, 6.45) is -0.294. The summed E-state index contributed by atoms with van der Waals surface area (Å²) in [4.78, 5) is 25.7. The van der Waals surface area contributed by atoms with Gasteiger partial charge in [-0.05, 0) is 36.2 Å². The van der Waals surface area contributed by atoms with Crippen LogP contribution in [0, 0.1) is 0 Å². The number of fused-ring (bicyclic) bond motifs is 1. The van der Waals surface area contributed by atoms with E-state index in [1.165, 1.54) is 7.11 Å². The summed E-state index contributed by atoms with van der Waals surface area (Å²) in [5.41, 5.74) is 2.16. The summed E-state index contributed by atoms with van der Waals surface area (Å²) in [7, 11) is 1.54. The summed E-state index contributed by atoms with van der Waals surface area (Å²) < 4.78 is 10.9. The quantitative estimate of drug-likeness (QED) is 0.575. The number of methoxy groups -OCH3 is 1. The first kappa shape index (κ1) is 21.3. The smallest absolute Gasteiger partial charge is 0.550 e. The van der Waals surface area contributed by atoms with Gasteiger partial charge in [0.25, 0.3) is 5.91 Å². The molecule has 0 bridgehead atoms. The number of nitrogens with zero attached hydrogens (tertiary/aromatic N) is 1. The molecule has 2 aromatic rings. The Morgan fingerprint density at radius 3 is 2.59 bits per heavy atom. The van der Waals surface area contributed by atoms with Crippen LogP contribution in [0.2, 0.25) is 0 Å². The molecular weight excluding hydrogens is 357 g/mol. The van der Waals surface area contributed by atoms with Gasteiger partial charge in [-0.25, -0.2) is 0 Å². The van der Waals surface area contributed by atoms with E-state index in [1.54, 1.807) is 35.2 Å². The predicted molar refractivity (Wildman–Crippen MR) is 92.8 cm³/mol. The van der Waals surface area contributed by atoms with Crippen LogP contribution in [0.15, 0.2) is 42.5 Å². The van der Waals surface area contributed by atoms with Crippen LogP contribution in [-0.4, -0.2) is 30.5 Å². The van der Waals surface area contributed by atoms with E-state index < -0.39 is 12.0 Å². The third-order valence-electron chi connectivity index (χ3n) is 4.46. The van der Waals surface area contributed by atoms with Gasteiger partial charge in [0.05, 0.1) is 19.8 Å². The molecule has 0 aromatic heterocycles. The zero-order valence-electron chi connectivity index (χ0n) is 15.7. The summed E-state index contributed by atoms with van der Waals surface area (Å²) >= 11 is 0. The van der Waals surface area contributed by atoms with E-state index >= 15 is 0 Å². The van der Waals surface area contributed by atoms with Crippen LogP contribution >= 0.6 is 0 Å². The first-order chi connectivity index (χ1) is 12.5. The summed E-state index contributed by atoms with van der Waals surface area (Å²) in [6.45, 7) is 2.66. The van der Waals surface area contributed by atoms with Crippen LogP contribution in [0.5, 0.6) is 11.5 Å². The maximum absolute atomic E-state index is 12.8. The standard InChI is InChI=1S/C20H21NO5.Na/c1-3-26-18-10-13(8-9-17(18)25-2)16(11-19(22)23)21-12-14-6-4-5-7-15(14)20(21)24;/h4-10,16H,3,11-12H2,1-2H3,(H,22,23);/q;+1/p-1. The average molecular weight is 377 g/mol. The maximum atomic E-state index is 12.8. The van der Waals surface area contributed by atoms with Gasteiger partial charge in [0.2, 0.25) is 0 Å². The molecule has 1 heterocycles. The van der Waals surface area contributed by atoms with Gasteiger partial charge < -0.3 is 24.3 Å². The van der Waals surface area contributed by atoms with Crippen molar-refractivity contribution in [2.75, 3.05) is 13.7 Å². The summed E-state index contributed by atoms with van der Waals surface area (Å²) in [6, 6.07) is 11.9. The Kier molecular flexibility index (Phi) is 7.30. The number of carboxylic acids is 1. The fourth-order valence-electron chi connectivity index (χ4n) is 3.26. The monoisotopic (exact) mass is 377 g/mol. The zero-order valence-corrected chi connectivity index (χ0v) is 17.7. The molecule has 0 saturated heterocycles. The number of amides is 1. The molecule has 0 spiro atoms. The molecule has 6 nitrogen and oxygen atoms in total. The van der Waals surface area contributed by atoms with Crippen molar-refractivity contribution in [2.24, 2.45) is 0 Å². The minimum atomic E-state index is -1.22. The zero-order chi connectivity index (χ0) is 18.7. The number of hydrogen-bond donors (Lipinski definition) is 0. The molecule has 3 rings (SSSR count). The van der Waals surface area contributed by atoms with Crippen molar-refractivity contribution in [3.05, 3.63) is 59.2 Å². The van der Waals surface area contributed by atoms with Gasteiger partial charge in [-0.15, -0.1) is 0 Å². The fourth-order valence-corrected chi connectivity index (χ4v) is 3.26. The number of rotatable bonds is 7. The topological polar surface area (TPSA) is 78.9 Å². The van der Waals surface area contributed by atoms with Crippen LogP contribution in [0.3, 0.4) is 0 Å². The number of carboxylic acid groups (broad SMARTS) is 1. The maximum Gasteiger partial charge on any atom is 1.00 e. The Balaban J connectivity index is 0.00000261. The number of carbonyl (C=O) groups is 2. The second-order valence-electron chi connectivity index (χ2n) is 6.03. The predicted octanol–water partition coefficient (Wildman–Crippen LogP) is -1.06. The van der Waals surface area contributed by atoms with Gasteiger partial charge in [-0.3, -0.25) is 4.79 Å². The summed E-state index contributed by atoms with van der Waals surface area (Å²) in [5.74, 6) is -0.327. The number of hydrogen-bond acceptors (Lipinski definition) is 5. The molecule has 1 amide bonds. The molecule has 1 atom stereocenters. The van der Waals surface area contributed by atoms with E-state index in [4.69, 9.17) is 9.47 Å². The second kappa shape index (κ2) is 9.26. The van der Waals surface area contributed by atoms with Crippen molar-refractivity contribution in [2.45, 2.75) is 25.9 Å². The summed E-state index contributed by atoms with van der Waals surface area (Å²) in [5, 5.41) is 11.3. The van der Waals surface area contributed by atoms with Crippen LogP contribution in [0.1, 0.15) is 40.9 Å². The molecule has 0 N–H and O–H groups in total. The minimum Gasteiger partial charge on any atom is -0.550 e.